The Hall–Kier alpha value is -3.48. The van der Waals surface area contributed by atoms with Gasteiger partial charge in [-0.3, -0.25) is 14.9 Å². The summed E-state index contributed by atoms with van der Waals surface area (Å²) < 4.78 is 5.55. The lowest BCUT2D eigenvalue weighted by Gasteiger charge is -2.07. The van der Waals surface area contributed by atoms with E-state index in [1.54, 1.807) is 31.2 Å². The Bertz CT molecular complexity index is 972. The van der Waals surface area contributed by atoms with Crippen molar-refractivity contribution in [3.05, 3.63) is 69.7 Å². The predicted molar refractivity (Wildman–Crippen MR) is 94.2 cm³/mol. The largest absolute Gasteiger partial charge is 0.436 e. The maximum absolute atomic E-state index is 11.4. The van der Waals surface area contributed by atoms with Crippen molar-refractivity contribution >= 4 is 34.3 Å². The fourth-order valence-electron chi connectivity index (χ4n) is 2.36. The Labute approximate surface area is 143 Å². The zero-order valence-corrected chi connectivity index (χ0v) is 13.6. The van der Waals surface area contributed by atoms with Crippen molar-refractivity contribution in [3.8, 4) is 0 Å². The van der Waals surface area contributed by atoms with Crippen LogP contribution >= 0.6 is 0 Å². The van der Waals surface area contributed by atoms with Gasteiger partial charge in [-0.2, -0.15) is 0 Å². The number of rotatable bonds is 5. The van der Waals surface area contributed by atoms with E-state index in [9.17, 15) is 14.9 Å². The van der Waals surface area contributed by atoms with Gasteiger partial charge in [0.2, 0.25) is 5.89 Å². The molecule has 0 aliphatic carbocycles. The molecule has 0 saturated carbocycles. The summed E-state index contributed by atoms with van der Waals surface area (Å²) in [6.45, 7) is 3.66. The Balaban J connectivity index is 1.98. The summed E-state index contributed by atoms with van der Waals surface area (Å²) >= 11 is 0. The van der Waals surface area contributed by atoms with Crippen LogP contribution in [0.15, 0.2) is 47.0 Å². The molecule has 0 radical (unpaired) electrons. The van der Waals surface area contributed by atoms with E-state index < -0.39 is 4.92 Å². The van der Waals surface area contributed by atoms with Crippen LogP contribution in [-0.4, -0.2) is 16.2 Å². The van der Waals surface area contributed by atoms with Gasteiger partial charge >= 0.3 is 0 Å². The van der Waals surface area contributed by atoms with Crippen LogP contribution in [0.3, 0.4) is 0 Å². The van der Waals surface area contributed by atoms with Gasteiger partial charge in [-0.25, -0.2) is 4.98 Å². The Morgan fingerprint density at radius 3 is 2.64 bits per heavy atom. The van der Waals surface area contributed by atoms with Crippen molar-refractivity contribution in [3.63, 3.8) is 0 Å². The van der Waals surface area contributed by atoms with Gasteiger partial charge in [0, 0.05) is 12.3 Å². The monoisotopic (exact) mass is 337 g/mol. The number of hydrogen-bond acceptors (Lipinski definition) is 6. The molecule has 0 fully saturated rings. The third-order valence-corrected chi connectivity index (χ3v) is 3.86. The lowest BCUT2D eigenvalue weighted by molar-refractivity contribution is -0.384. The first-order valence-electron chi connectivity index (χ1n) is 7.53. The molecular formula is C18H15N3O4. The molecule has 2 aromatic carbocycles. The van der Waals surface area contributed by atoms with E-state index in [0.717, 1.165) is 11.1 Å². The highest BCUT2D eigenvalue weighted by Crippen LogP contribution is 2.28. The van der Waals surface area contributed by atoms with Crippen molar-refractivity contribution in [2.75, 3.05) is 5.32 Å². The summed E-state index contributed by atoms with van der Waals surface area (Å²) in [6, 6.07) is 10.3. The molecule has 3 rings (SSSR count). The Morgan fingerprint density at radius 2 is 1.96 bits per heavy atom. The van der Waals surface area contributed by atoms with Crippen molar-refractivity contribution in [1.29, 1.82) is 0 Å². The third-order valence-electron chi connectivity index (χ3n) is 3.86. The summed E-state index contributed by atoms with van der Waals surface area (Å²) in [6.07, 6.45) is 1.94. The fraction of sp³-hybridized carbons (Fsp3) is 0.111. The number of carbonyl (C=O) groups excluding carboxylic acids is 1. The highest BCUT2D eigenvalue weighted by atomic mass is 16.6. The second-order valence-electron chi connectivity index (χ2n) is 5.56. The number of aryl methyl sites for hydroxylation is 2. The number of nitro benzene ring substituents is 1. The average molecular weight is 337 g/mol. The van der Waals surface area contributed by atoms with Gasteiger partial charge < -0.3 is 9.73 Å². The number of oxazole rings is 1. The molecule has 0 aliphatic heterocycles. The van der Waals surface area contributed by atoms with Gasteiger partial charge in [0.1, 0.15) is 11.2 Å². The number of allylic oxidation sites excluding steroid dienone is 1. The van der Waals surface area contributed by atoms with E-state index in [1.807, 2.05) is 13.0 Å². The molecule has 0 atom stereocenters. The number of fused-ring (bicyclic) bond motifs is 1. The fourth-order valence-corrected chi connectivity index (χ4v) is 2.36. The molecule has 1 N–H and O–H groups in total. The standard InChI is InChI=1S/C18H15N3O4/c1-11-7-15(16(21(23)24)8-12(11)2)19-9-13(10-22)18-20-14-5-3-4-6-17(14)25-18/h3-10,19H,1-2H3. The quantitative estimate of drug-likeness (QED) is 0.327. The molecule has 1 heterocycles. The second kappa shape index (κ2) is 6.56. The second-order valence-corrected chi connectivity index (χ2v) is 5.56. The minimum atomic E-state index is -0.470. The molecule has 1 aromatic heterocycles. The first-order chi connectivity index (χ1) is 12.0. The molecule has 126 valence electrons. The molecule has 0 saturated heterocycles. The number of benzene rings is 2. The van der Waals surface area contributed by atoms with Crippen LogP contribution in [0.4, 0.5) is 11.4 Å². The van der Waals surface area contributed by atoms with Gasteiger partial charge in [-0.1, -0.05) is 12.1 Å². The SMILES string of the molecule is Cc1cc(NC=C(C=O)c2nc3ccccc3o2)c([N+](=O)[O-])cc1C. The highest BCUT2D eigenvalue weighted by Gasteiger charge is 2.16. The summed E-state index contributed by atoms with van der Waals surface area (Å²) in [7, 11) is 0. The highest BCUT2D eigenvalue weighted by molar-refractivity contribution is 6.06. The van der Waals surface area contributed by atoms with Gasteiger partial charge in [-0.15, -0.1) is 0 Å². The molecular weight excluding hydrogens is 322 g/mol. The van der Waals surface area contributed by atoms with E-state index >= 15 is 0 Å². The van der Waals surface area contributed by atoms with Crippen molar-refractivity contribution in [2.45, 2.75) is 13.8 Å². The number of nitrogens with zero attached hydrogens (tertiary/aromatic N) is 2. The zero-order valence-electron chi connectivity index (χ0n) is 13.6. The van der Waals surface area contributed by atoms with E-state index in [2.05, 4.69) is 10.3 Å². The third kappa shape index (κ3) is 3.25. The van der Waals surface area contributed by atoms with E-state index in [4.69, 9.17) is 4.42 Å². The minimum absolute atomic E-state index is 0.0674. The van der Waals surface area contributed by atoms with Crippen LogP contribution in [0.1, 0.15) is 17.0 Å². The number of carbonyl (C=O) groups is 1. The maximum Gasteiger partial charge on any atom is 0.292 e. The van der Waals surface area contributed by atoms with Gasteiger partial charge in [0.15, 0.2) is 11.9 Å². The molecule has 0 aliphatic rings. The molecule has 0 unspecified atom stereocenters. The lowest BCUT2D eigenvalue weighted by Crippen LogP contribution is -2.00. The van der Waals surface area contributed by atoms with Crippen molar-refractivity contribution in [2.24, 2.45) is 0 Å². The number of anilines is 1. The molecule has 0 bridgehead atoms. The molecule has 25 heavy (non-hydrogen) atoms. The van der Waals surface area contributed by atoms with Crippen LogP contribution < -0.4 is 5.32 Å². The number of aldehydes is 1. The summed E-state index contributed by atoms with van der Waals surface area (Å²) in [5, 5.41) is 14.1. The number of aromatic nitrogens is 1. The number of hydrogen-bond donors (Lipinski definition) is 1. The minimum Gasteiger partial charge on any atom is -0.436 e. The van der Waals surface area contributed by atoms with Crippen LogP contribution in [0, 0.1) is 24.0 Å². The van der Waals surface area contributed by atoms with Crippen LogP contribution in [0.25, 0.3) is 16.7 Å². The molecule has 0 amide bonds. The predicted octanol–water partition coefficient (Wildman–Crippen LogP) is 4.00. The Morgan fingerprint density at radius 1 is 1.24 bits per heavy atom. The van der Waals surface area contributed by atoms with Crippen LogP contribution in [-0.2, 0) is 4.79 Å². The molecule has 7 nitrogen and oxygen atoms in total. The lowest BCUT2D eigenvalue weighted by atomic mass is 10.1. The zero-order chi connectivity index (χ0) is 18.0. The smallest absolute Gasteiger partial charge is 0.292 e. The van der Waals surface area contributed by atoms with E-state index in [-0.39, 0.29) is 17.2 Å². The van der Waals surface area contributed by atoms with Crippen LogP contribution in [0.5, 0.6) is 0 Å². The summed E-state index contributed by atoms with van der Waals surface area (Å²) in [4.78, 5) is 26.4. The first-order valence-corrected chi connectivity index (χ1v) is 7.53. The van der Waals surface area contributed by atoms with Crippen molar-refractivity contribution < 1.29 is 14.1 Å². The van der Waals surface area contributed by atoms with E-state index in [1.165, 1.54) is 12.3 Å². The van der Waals surface area contributed by atoms with Crippen molar-refractivity contribution in [1.82, 2.24) is 4.98 Å². The summed E-state index contributed by atoms with van der Waals surface area (Å²) in [5.41, 5.74) is 3.28. The summed E-state index contributed by atoms with van der Waals surface area (Å²) in [5.74, 6) is 0.148. The van der Waals surface area contributed by atoms with Crippen LogP contribution in [0.2, 0.25) is 0 Å². The van der Waals surface area contributed by atoms with Gasteiger partial charge in [0.05, 0.1) is 10.5 Å². The van der Waals surface area contributed by atoms with Gasteiger partial charge in [0.25, 0.3) is 5.69 Å². The average Bonchev–Trinajstić information content (AvgIpc) is 3.01. The number of para-hydroxylation sites is 2. The number of nitrogens with one attached hydrogen (secondary N) is 1. The number of nitro groups is 1. The Kier molecular flexibility index (Phi) is 4.30. The first kappa shape index (κ1) is 16.4. The topological polar surface area (TPSA) is 98.3 Å². The molecule has 7 heteroatoms. The van der Waals surface area contributed by atoms with E-state index in [0.29, 0.717) is 23.1 Å². The van der Waals surface area contributed by atoms with Gasteiger partial charge in [-0.05, 0) is 43.2 Å². The molecule has 3 aromatic rings. The molecule has 0 spiro atoms. The normalized spacial score (nSPS) is 11.5. The maximum atomic E-state index is 11.4.